The molecular weight excluding hydrogens is 248 g/mol. The Hall–Kier alpha value is -1.28. The highest BCUT2D eigenvalue weighted by atomic mass is 16.5. The van der Waals surface area contributed by atoms with Crippen LogP contribution < -0.4 is 0 Å². The number of hydrogen-bond donors (Lipinski definition) is 0. The Morgan fingerprint density at radius 3 is 2.20 bits per heavy atom. The van der Waals surface area contributed by atoms with Crippen LogP contribution in [0.25, 0.3) is 5.76 Å². The highest BCUT2D eigenvalue weighted by Crippen LogP contribution is 2.30. The minimum atomic E-state index is 0.618. The lowest BCUT2D eigenvalue weighted by molar-refractivity contribution is 0.183. The van der Waals surface area contributed by atoms with Gasteiger partial charge < -0.3 is 9.47 Å². The lowest BCUT2D eigenvalue weighted by Crippen LogP contribution is -2.05. The Kier molecular flexibility index (Phi) is 8.98. The van der Waals surface area contributed by atoms with E-state index in [2.05, 4.69) is 26.8 Å². The first kappa shape index (κ1) is 18.7. The molecule has 0 atom stereocenters. The van der Waals surface area contributed by atoms with Crippen LogP contribution in [0, 0.1) is 13.8 Å². The minimum Gasteiger partial charge on any atom is -0.496 e. The van der Waals surface area contributed by atoms with Crippen LogP contribution in [0.5, 0.6) is 0 Å². The fraction of sp³-hybridized carbons (Fsp3) is 0.556. The summed E-state index contributed by atoms with van der Waals surface area (Å²) in [5.74, 6) is 0.929. The molecule has 2 nitrogen and oxygen atoms in total. The van der Waals surface area contributed by atoms with Gasteiger partial charge in [0.1, 0.15) is 5.76 Å². The van der Waals surface area contributed by atoms with Gasteiger partial charge >= 0.3 is 0 Å². The molecule has 0 heterocycles. The second kappa shape index (κ2) is 9.60. The van der Waals surface area contributed by atoms with Crippen molar-refractivity contribution in [2.45, 2.75) is 54.6 Å². The summed E-state index contributed by atoms with van der Waals surface area (Å²) in [5, 5.41) is 0. The summed E-state index contributed by atoms with van der Waals surface area (Å²) in [4.78, 5) is 0. The first-order valence-corrected chi connectivity index (χ1v) is 7.42. The molecule has 1 rings (SSSR count). The summed E-state index contributed by atoms with van der Waals surface area (Å²) in [6.45, 7) is 13.1. The maximum atomic E-state index is 5.51. The Morgan fingerprint density at radius 2 is 1.80 bits per heavy atom. The summed E-state index contributed by atoms with van der Waals surface area (Å²) in [6, 6.07) is 2.26. The lowest BCUT2D eigenvalue weighted by Gasteiger charge is -2.19. The van der Waals surface area contributed by atoms with E-state index in [0.29, 0.717) is 6.61 Å². The van der Waals surface area contributed by atoms with Crippen LogP contribution in [-0.2, 0) is 22.5 Å². The summed E-state index contributed by atoms with van der Waals surface area (Å²) >= 11 is 0. The van der Waals surface area contributed by atoms with Gasteiger partial charge in [0.2, 0.25) is 0 Å². The molecule has 0 aliphatic rings. The molecule has 0 bridgehead atoms. The number of methoxy groups -OCH3 is 2. The van der Waals surface area contributed by atoms with E-state index in [1.807, 2.05) is 26.8 Å². The van der Waals surface area contributed by atoms with Gasteiger partial charge in [-0.3, -0.25) is 0 Å². The number of allylic oxidation sites excluding steroid dienone is 1. The Balaban J connectivity index is 0.00000172. The van der Waals surface area contributed by atoms with E-state index in [-0.39, 0.29) is 0 Å². The van der Waals surface area contributed by atoms with Crippen LogP contribution in [0.15, 0.2) is 12.1 Å². The number of rotatable bonds is 5. The molecule has 0 amide bonds. The van der Waals surface area contributed by atoms with Crippen molar-refractivity contribution in [3.8, 4) is 0 Å². The molecule has 2 heteroatoms. The van der Waals surface area contributed by atoms with Gasteiger partial charge in [-0.05, 0) is 55.5 Å². The quantitative estimate of drug-likeness (QED) is 0.702. The van der Waals surface area contributed by atoms with Crippen LogP contribution in [-0.4, -0.2) is 14.2 Å². The van der Waals surface area contributed by atoms with Crippen molar-refractivity contribution in [3.05, 3.63) is 40.0 Å². The molecule has 0 spiro atoms. The fourth-order valence-corrected chi connectivity index (χ4v) is 2.44. The molecule has 1 aromatic carbocycles. The van der Waals surface area contributed by atoms with Crippen molar-refractivity contribution >= 4 is 5.76 Å². The molecule has 0 radical (unpaired) electrons. The van der Waals surface area contributed by atoms with Crippen molar-refractivity contribution < 1.29 is 9.47 Å². The van der Waals surface area contributed by atoms with Crippen molar-refractivity contribution in [2.75, 3.05) is 14.2 Å². The zero-order chi connectivity index (χ0) is 15.7. The van der Waals surface area contributed by atoms with E-state index in [1.165, 1.54) is 27.8 Å². The highest BCUT2D eigenvalue weighted by molar-refractivity contribution is 5.68. The molecule has 114 valence electrons. The molecular formula is C18H30O2. The zero-order valence-corrected chi connectivity index (χ0v) is 14.4. The molecule has 20 heavy (non-hydrogen) atoms. The largest absolute Gasteiger partial charge is 0.496 e. The average molecular weight is 278 g/mol. The maximum absolute atomic E-state index is 5.51. The third kappa shape index (κ3) is 4.11. The fourth-order valence-electron chi connectivity index (χ4n) is 2.44. The molecule has 0 unspecified atom stereocenters. The molecule has 0 N–H and O–H groups in total. The van der Waals surface area contributed by atoms with Gasteiger partial charge in [0.05, 0.1) is 13.7 Å². The number of benzene rings is 1. The molecule has 0 aromatic heterocycles. The van der Waals surface area contributed by atoms with Crippen molar-refractivity contribution in [1.29, 1.82) is 0 Å². The number of ether oxygens (including phenoxy) is 2. The van der Waals surface area contributed by atoms with Crippen LogP contribution in [0.4, 0.5) is 0 Å². The monoisotopic (exact) mass is 278 g/mol. The van der Waals surface area contributed by atoms with E-state index >= 15 is 0 Å². The summed E-state index contributed by atoms with van der Waals surface area (Å²) in [6.07, 6.45) is 3.05. The Morgan fingerprint density at radius 1 is 1.20 bits per heavy atom. The normalized spacial score (nSPS) is 10.9. The van der Waals surface area contributed by atoms with Crippen LogP contribution >= 0.6 is 0 Å². The van der Waals surface area contributed by atoms with Crippen molar-refractivity contribution in [1.82, 2.24) is 0 Å². The summed E-state index contributed by atoms with van der Waals surface area (Å²) < 4.78 is 10.8. The third-order valence-electron chi connectivity index (χ3n) is 3.42. The van der Waals surface area contributed by atoms with E-state index in [9.17, 15) is 0 Å². The third-order valence-corrected chi connectivity index (χ3v) is 3.42. The van der Waals surface area contributed by atoms with Gasteiger partial charge in [-0.15, -0.1) is 0 Å². The predicted molar refractivity (Wildman–Crippen MR) is 88.0 cm³/mol. The Labute approximate surface area is 124 Å². The lowest BCUT2D eigenvalue weighted by atomic mass is 9.90. The first-order valence-electron chi connectivity index (χ1n) is 7.42. The topological polar surface area (TPSA) is 18.5 Å². The smallest absolute Gasteiger partial charge is 0.122 e. The van der Waals surface area contributed by atoms with Gasteiger partial charge in [0.15, 0.2) is 0 Å². The summed E-state index contributed by atoms with van der Waals surface area (Å²) in [7, 11) is 3.45. The molecule has 0 fully saturated rings. The van der Waals surface area contributed by atoms with Gasteiger partial charge in [-0.2, -0.15) is 0 Å². The van der Waals surface area contributed by atoms with Gasteiger partial charge in [0.25, 0.3) is 0 Å². The number of hydrogen-bond acceptors (Lipinski definition) is 2. The SMILES string of the molecule is C/C=C(/OC)c1c(C)c(CC)cc(C)c1COC.CC. The van der Waals surface area contributed by atoms with E-state index in [4.69, 9.17) is 9.47 Å². The van der Waals surface area contributed by atoms with Gasteiger partial charge in [0, 0.05) is 12.7 Å². The second-order valence-corrected chi connectivity index (χ2v) is 4.47. The Bertz CT molecular complexity index is 445. The van der Waals surface area contributed by atoms with Crippen LogP contribution in [0.2, 0.25) is 0 Å². The van der Waals surface area contributed by atoms with Crippen LogP contribution in [0.3, 0.4) is 0 Å². The second-order valence-electron chi connectivity index (χ2n) is 4.47. The van der Waals surface area contributed by atoms with Crippen LogP contribution in [0.1, 0.15) is 55.5 Å². The first-order chi connectivity index (χ1) is 9.60. The number of aryl methyl sites for hydroxylation is 2. The zero-order valence-electron chi connectivity index (χ0n) is 14.4. The average Bonchev–Trinajstić information content (AvgIpc) is 2.48. The molecule has 1 aromatic rings. The van der Waals surface area contributed by atoms with E-state index in [0.717, 1.165) is 12.2 Å². The standard InChI is InChI=1S/C16H24O2.C2H6/c1-7-13-9-11(3)14(10-17-5)16(12(13)4)15(8-2)18-6;1-2/h8-9H,7,10H2,1-6H3;1-2H3/b15-8+;. The molecule has 0 aliphatic carbocycles. The van der Waals surface area contributed by atoms with E-state index < -0.39 is 0 Å². The minimum absolute atomic E-state index is 0.618. The van der Waals surface area contributed by atoms with Gasteiger partial charge in [-0.1, -0.05) is 26.8 Å². The summed E-state index contributed by atoms with van der Waals surface area (Å²) in [5.41, 5.74) is 6.36. The van der Waals surface area contributed by atoms with Gasteiger partial charge in [-0.25, -0.2) is 0 Å². The molecule has 0 saturated carbocycles. The predicted octanol–water partition coefficient (Wildman–Crippen LogP) is 5.05. The molecule has 0 saturated heterocycles. The molecule has 0 aliphatic heterocycles. The van der Waals surface area contributed by atoms with E-state index in [1.54, 1.807) is 14.2 Å². The highest BCUT2D eigenvalue weighted by Gasteiger charge is 2.16. The maximum Gasteiger partial charge on any atom is 0.122 e. The van der Waals surface area contributed by atoms with Crippen molar-refractivity contribution in [3.63, 3.8) is 0 Å². The van der Waals surface area contributed by atoms with Crippen molar-refractivity contribution in [2.24, 2.45) is 0 Å².